The van der Waals surface area contributed by atoms with Crippen LogP contribution >= 0.6 is 0 Å². The molecule has 7 heteroatoms. The Morgan fingerprint density at radius 2 is 2.19 bits per heavy atom. The zero-order valence-corrected chi connectivity index (χ0v) is 13.4. The van der Waals surface area contributed by atoms with E-state index in [9.17, 15) is 4.79 Å². The van der Waals surface area contributed by atoms with Crippen LogP contribution in [0.5, 0.6) is 0 Å². The van der Waals surface area contributed by atoms with E-state index >= 15 is 0 Å². The average molecular weight is 300 g/mol. The van der Waals surface area contributed by atoms with Crippen LogP contribution in [0.4, 0.5) is 0 Å². The summed E-state index contributed by atoms with van der Waals surface area (Å²) < 4.78 is 10.7. The Morgan fingerprint density at radius 1 is 1.38 bits per heavy atom. The number of aliphatic imine (C=N–C) groups is 1. The van der Waals surface area contributed by atoms with Crippen LogP contribution in [0.3, 0.4) is 0 Å². The summed E-state index contributed by atoms with van der Waals surface area (Å²) in [6.07, 6.45) is 3.63. The van der Waals surface area contributed by atoms with Crippen LogP contribution in [-0.4, -0.2) is 76.9 Å². The second kappa shape index (κ2) is 10.4. The molecule has 21 heavy (non-hydrogen) atoms. The van der Waals surface area contributed by atoms with Gasteiger partial charge in [0.25, 0.3) is 0 Å². The Kier molecular flexibility index (Phi) is 8.77. The molecule has 0 bridgehead atoms. The lowest BCUT2D eigenvalue weighted by Gasteiger charge is -2.23. The first-order valence-electron chi connectivity index (χ1n) is 7.46. The maximum Gasteiger partial charge on any atom is 0.243 e. The van der Waals surface area contributed by atoms with Gasteiger partial charge in [-0.2, -0.15) is 0 Å². The number of guanidine groups is 1. The van der Waals surface area contributed by atoms with Crippen molar-refractivity contribution < 1.29 is 14.3 Å². The fourth-order valence-corrected chi connectivity index (χ4v) is 1.91. The molecule has 0 aromatic heterocycles. The fraction of sp³-hybridized carbons (Fsp3) is 0.857. The lowest BCUT2D eigenvalue weighted by Crippen LogP contribution is -2.44. The van der Waals surface area contributed by atoms with Gasteiger partial charge in [0, 0.05) is 40.9 Å². The lowest BCUT2D eigenvalue weighted by atomic mass is 10.1. The number of amides is 1. The van der Waals surface area contributed by atoms with Crippen LogP contribution in [0, 0.1) is 0 Å². The summed E-state index contributed by atoms with van der Waals surface area (Å²) in [5, 5.41) is 6.37. The molecule has 7 nitrogen and oxygen atoms in total. The van der Waals surface area contributed by atoms with Gasteiger partial charge in [-0.15, -0.1) is 0 Å². The quantitative estimate of drug-likeness (QED) is 0.388. The molecule has 2 N–H and O–H groups in total. The van der Waals surface area contributed by atoms with E-state index in [1.807, 2.05) is 0 Å². The van der Waals surface area contributed by atoms with E-state index in [1.54, 1.807) is 21.2 Å². The third-order valence-electron chi connectivity index (χ3n) is 3.24. The van der Waals surface area contributed by atoms with Crippen molar-refractivity contribution in [3.63, 3.8) is 0 Å². The summed E-state index contributed by atoms with van der Waals surface area (Å²) in [6.45, 7) is 2.89. The molecular formula is C14H28N4O3. The Morgan fingerprint density at radius 3 is 2.81 bits per heavy atom. The Hall–Kier alpha value is -1.34. The molecule has 0 aromatic carbocycles. The standard InChI is InChI=1S/C14H28N4O3/c1-18(2)13(19)11-17-14(15-7-9-20-3)16-10-12-6-4-5-8-21-12/h12H,4-11H2,1-3H3,(H2,15,16,17). The molecular weight excluding hydrogens is 272 g/mol. The van der Waals surface area contributed by atoms with Crippen LogP contribution < -0.4 is 10.6 Å². The van der Waals surface area contributed by atoms with E-state index in [-0.39, 0.29) is 18.6 Å². The summed E-state index contributed by atoms with van der Waals surface area (Å²) in [7, 11) is 5.09. The largest absolute Gasteiger partial charge is 0.383 e. The molecule has 0 radical (unpaired) electrons. The minimum Gasteiger partial charge on any atom is -0.383 e. The summed E-state index contributed by atoms with van der Waals surface area (Å²) in [5.74, 6) is 0.591. The highest BCUT2D eigenvalue weighted by atomic mass is 16.5. The summed E-state index contributed by atoms with van der Waals surface area (Å²) in [6, 6.07) is 0. The van der Waals surface area contributed by atoms with E-state index in [0.717, 1.165) is 19.4 Å². The highest BCUT2D eigenvalue weighted by Crippen LogP contribution is 2.11. The molecule has 1 saturated heterocycles. The van der Waals surface area contributed by atoms with Crippen LogP contribution in [0.25, 0.3) is 0 Å². The molecule has 0 saturated carbocycles. The Bertz CT molecular complexity index is 328. The van der Waals surface area contributed by atoms with Crippen LogP contribution in [0.15, 0.2) is 4.99 Å². The summed E-state index contributed by atoms with van der Waals surface area (Å²) in [4.78, 5) is 17.4. The van der Waals surface area contributed by atoms with Gasteiger partial charge in [0.1, 0.15) is 6.54 Å². The number of hydrogen-bond acceptors (Lipinski definition) is 4. The molecule has 1 unspecified atom stereocenters. The Labute approximate surface area is 127 Å². The zero-order chi connectivity index (χ0) is 15.5. The molecule has 0 spiro atoms. The van der Waals surface area contributed by atoms with E-state index < -0.39 is 0 Å². The number of nitrogens with one attached hydrogen (secondary N) is 2. The topological polar surface area (TPSA) is 75.2 Å². The van der Waals surface area contributed by atoms with Gasteiger partial charge in [0.2, 0.25) is 5.91 Å². The fourth-order valence-electron chi connectivity index (χ4n) is 1.91. The number of ether oxygens (including phenoxy) is 2. The third kappa shape index (κ3) is 7.87. The predicted octanol–water partition coefficient (Wildman–Crippen LogP) is -0.175. The highest BCUT2D eigenvalue weighted by Gasteiger charge is 2.14. The number of carbonyl (C=O) groups is 1. The SMILES string of the molecule is COCCNC(=NCC(=O)N(C)C)NCC1CCCCO1. The number of carbonyl (C=O) groups excluding carboxylic acids is 1. The minimum atomic E-state index is -0.0308. The smallest absolute Gasteiger partial charge is 0.243 e. The van der Waals surface area contributed by atoms with E-state index in [0.29, 0.717) is 25.7 Å². The first-order valence-corrected chi connectivity index (χ1v) is 7.46. The van der Waals surface area contributed by atoms with Gasteiger partial charge in [0.05, 0.1) is 12.7 Å². The molecule has 1 aliphatic heterocycles. The van der Waals surface area contributed by atoms with Gasteiger partial charge in [-0.25, -0.2) is 4.99 Å². The van der Waals surface area contributed by atoms with Crippen molar-refractivity contribution >= 4 is 11.9 Å². The molecule has 1 rings (SSSR count). The van der Waals surface area contributed by atoms with E-state index in [1.165, 1.54) is 11.3 Å². The van der Waals surface area contributed by atoms with Crippen molar-refractivity contribution in [3.05, 3.63) is 0 Å². The number of rotatable bonds is 7. The van der Waals surface area contributed by atoms with Crippen LogP contribution in [0.2, 0.25) is 0 Å². The maximum absolute atomic E-state index is 11.6. The van der Waals surface area contributed by atoms with E-state index in [2.05, 4.69) is 15.6 Å². The molecule has 1 aliphatic rings. The van der Waals surface area contributed by atoms with Crippen molar-refractivity contribution in [2.45, 2.75) is 25.4 Å². The van der Waals surface area contributed by atoms with Crippen molar-refractivity contribution in [1.29, 1.82) is 0 Å². The molecule has 1 fully saturated rings. The number of likely N-dealkylation sites (N-methyl/N-ethyl adjacent to an activating group) is 1. The highest BCUT2D eigenvalue weighted by molar-refractivity contribution is 5.84. The van der Waals surface area contributed by atoms with Crippen LogP contribution in [0.1, 0.15) is 19.3 Å². The number of methoxy groups -OCH3 is 1. The lowest BCUT2D eigenvalue weighted by molar-refractivity contribution is -0.127. The number of hydrogen-bond donors (Lipinski definition) is 2. The van der Waals surface area contributed by atoms with Crippen molar-refractivity contribution in [1.82, 2.24) is 15.5 Å². The molecule has 122 valence electrons. The van der Waals surface area contributed by atoms with Crippen LogP contribution in [-0.2, 0) is 14.3 Å². The first kappa shape index (κ1) is 17.7. The van der Waals surface area contributed by atoms with Gasteiger partial charge in [-0.05, 0) is 19.3 Å². The normalized spacial score (nSPS) is 19.2. The van der Waals surface area contributed by atoms with E-state index in [4.69, 9.17) is 9.47 Å². The predicted molar refractivity (Wildman–Crippen MR) is 82.5 cm³/mol. The van der Waals surface area contributed by atoms with Gasteiger partial charge < -0.3 is 25.0 Å². The first-order chi connectivity index (χ1) is 10.1. The van der Waals surface area contributed by atoms with Crippen molar-refractivity contribution in [3.8, 4) is 0 Å². The van der Waals surface area contributed by atoms with Crippen molar-refractivity contribution in [2.24, 2.45) is 4.99 Å². The molecule has 1 heterocycles. The monoisotopic (exact) mass is 300 g/mol. The second-order valence-corrected chi connectivity index (χ2v) is 5.24. The zero-order valence-electron chi connectivity index (χ0n) is 13.4. The molecule has 0 aromatic rings. The maximum atomic E-state index is 11.6. The van der Waals surface area contributed by atoms with Gasteiger partial charge in [0.15, 0.2) is 5.96 Å². The molecule has 1 amide bonds. The van der Waals surface area contributed by atoms with Gasteiger partial charge in [-0.3, -0.25) is 4.79 Å². The summed E-state index contributed by atoms with van der Waals surface area (Å²) >= 11 is 0. The second-order valence-electron chi connectivity index (χ2n) is 5.24. The average Bonchev–Trinajstić information content (AvgIpc) is 2.50. The third-order valence-corrected chi connectivity index (χ3v) is 3.24. The van der Waals surface area contributed by atoms with Gasteiger partial charge in [-0.1, -0.05) is 0 Å². The number of nitrogens with zero attached hydrogens (tertiary/aromatic N) is 2. The molecule has 0 aliphatic carbocycles. The molecule has 1 atom stereocenters. The Balaban J connectivity index is 2.42. The summed E-state index contributed by atoms with van der Waals surface area (Å²) in [5.41, 5.74) is 0. The van der Waals surface area contributed by atoms with Crippen molar-refractivity contribution in [2.75, 3.05) is 54.1 Å². The van der Waals surface area contributed by atoms with Gasteiger partial charge >= 0.3 is 0 Å². The minimum absolute atomic E-state index is 0.0308.